The van der Waals surface area contributed by atoms with E-state index >= 15 is 0 Å². The molecule has 0 saturated heterocycles. The Morgan fingerprint density at radius 1 is 1.64 bits per heavy atom. The zero-order valence-corrected chi connectivity index (χ0v) is 6.84. The lowest BCUT2D eigenvalue weighted by Gasteiger charge is -2.03. The van der Waals surface area contributed by atoms with Gasteiger partial charge in [-0.1, -0.05) is 13.3 Å². The molecule has 0 aliphatic carbocycles. The zero-order valence-electron chi connectivity index (χ0n) is 6.84. The van der Waals surface area contributed by atoms with Gasteiger partial charge >= 0.3 is 5.97 Å². The Morgan fingerprint density at radius 3 is 2.73 bits per heavy atom. The molecule has 2 heteroatoms. The summed E-state index contributed by atoms with van der Waals surface area (Å²) in [7, 11) is 0. The normalized spacial score (nSPS) is 12.0. The fraction of sp³-hybridized carbons (Fsp3) is 0.667. The molecular formula is C9H14O2. The van der Waals surface area contributed by atoms with E-state index in [1.807, 2.05) is 0 Å². The fourth-order valence-electron chi connectivity index (χ4n) is 0.801. The van der Waals surface area contributed by atoms with E-state index < -0.39 is 5.97 Å². The minimum Gasteiger partial charge on any atom is -0.481 e. The molecule has 0 aromatic rings. The van der Waals surface area contributed by atoms with Crippen molar-refractivity contribution in [1.29, 1.82) is 0 Å². The van der Waals surface area contributed by atoms with Crippen molar-refractivity contribution < 1.29 is 9.90 Å². The number of carboxylic acids is 1. The van der Waals surface area contributed by atoms with E-state index in [2.05, 4.69) is 5.92 Å². The Balaban J connectivity index is 3.26. The van der Waals surface area contributed by atoms with Gasteiger partial charge in [0, 0.05) is 6.42 Å². The number of carboxylic acid groups (broad SMARTS) is 1. The summed E-state index contributed by atoms with van der Waals surface area (Å²) in [4.78, 5) is 10.3. The second-order valence-electron chi connectivity index (χ2n) is 2.69. The molecule has 1 unspecified atom stereocenters. The molecule has 0 amide bonds. The minimum absolute atomic E-state index is 0.229. The summed E-state index contributed by atoms with van der Waals surface area (Å²) in [6, 6.07) is 0. The number of hydrogen-bond donors (Lipinski definition) is 1. The monoisotopic (exact) mass is 154 g/mol. The predicted molar refractivity (Wildman–Crippen MR) is 44.1 cm³/mol. The first-order chi connectivity index (χ1) is 5.18. The van der Waals surface area contributed by atoms with Gasteiger partial charge in [-0.05, 0) is 12.8 Å². The lowest BCUT2D eigenvalue weighted by Crippen LogP contribution is -2.08. The maximum absolute atomic E-state index is 10.3. The van der Waals surface area contributed by atoms with E-state index in [9.17, 15) is 4.79 Å². The molecular weight excluding hydrogens is 140 g/mol. The molecule has 0 aliphatic rings. The number of unbranched alkanes of at least 4 members (excludes halogenated alkanes) is 2. The van der Waals surface area contributed by atoms with Crippen LogP contribution in [0.5, 0.6) is 0 Å². The van der Waals surface area contributed by atoms with Gasteiger partial charge in [-0.25, -0.2) is 0 Å². The van der Waals surface area contributed by atoms with Crippen LogP contribution in [0, 0.1) is 18.3 Å². The molecule has 1 N–H and O–H groups in total. The molecule has 11 heavy (non-hydrogen) atoms. The molecule has 0 aromatic carbocycles. The molecule has 0 aliphatic heterocycles. The molecule has 0 radical (unpaired) electrons. The number of carbonyl (C=O) groups is 1. The third-order valence-electron chi connectivity index (χ3n) is 1.63. The first-order valence-electron chi connectivity index (χ1n) is 3.84. The van der Waals surface area contributed by atoms with Gasteiger partial charge in [0.2, 0.25) is 0 Å². The Kier molecular flexibility index (Phi) is 5.28. The lowest BCUT2D eigenvalue weighted by atomic mass is 10.0. The van der Waals surface area contributed by atoms with Crippen molar-refractivity contribution in [3.8, 4) is 12.3 Å². The van der Waals surface area contributed by atoms with E-state index in [0.717, 1.165) is 25.7 Å². The van der Waals surface area contributed by atoms with Crippen LogP contribution >= 0.6 is 0 Å². The smallest absolute Gasteiger partial charge is 0.306 e. The highest BCUT2D eigenvalue weighted by molar-refractivity contribution is 5.69. The predicted octanol–water partition coefficient (Wildman–Crippen LogP) is 1.90. The molecule has 0 saturated carbocycles. The number of rotatable bonds is 5. The fourth-order valence-corrected chi connectivity index (χ4v) is 0.801. The number of terminal acetylenes is 1. The summed E-state index contributed by atoms with van der Waals surface area (Å²) < 4.78 is 0. The zero-order chi connectivity index (χ0) is 8.69. The van der Waals surface area contributed by atoms with Gasteiger partial charge < -0.3 is 5.11 Å². The van der Waals surface area contributed by atoms with Crippen LogP contribution in [0.15, 0.2) is 0 Å². The van der Waals surface area contributed by atoms with Crippen molar-refractivity contribution in [2.75, 3.05) is 0 Å². The van der Waals surface area contributed by atoms with E-state index in [0.29, 0.717) is 0 Å². The SMILES string of the molecule is C#CCCCCC(C)C(=O)O. The molecule has 62 valence electrons. The van der Waals surface area contributed by atoms with E-state index in [-0.39, 0.29) is 5.92 Å². The first kappa shape index (κ1) is 10.0. The summed E-state index contributed by atoms with van der Waals surface area (Å²) in [5.41, 5.74) is 0. The molecule has 0 heterocycles. The van der Waals surface area contributed by atoms with Gasteiger partial charge in [-0.2, -0.15) is 0 Å². The van der Waals surface area contributed by atoms with Crippen LogP contribution in [0.2, 0.25) is 0 Å². The summed E-state index contributed by atoms with van der Waals surface area (Å²) in [6.45, 7) is 1.72. The number of aliphatic carboxylic acids is 1. The third kappa shape index (κ3) is 5.47. The molecule has 0 aromatic heterocycles. The standard InChI is InChI=1S/C9H14O2/c1-3-4-5-6-7-8(2)9(10)11/h1,8H,4-7H2,2H3,(H,10,11). The summed E-state index contributed by atoms with van der Waals surface area (Å²) in [5.74, 6) is 1.58. The maximum atomic E-state index is 10.3. The molecule has 0 spiro atoms. The highest BCUT2D eigenvalue weighted by Crippen LogP contribution is 2.08. The van der Waals surface area contributed by atoms with Crippen LogP contribution in [0.4, 0.5) is 0 Å². The molecule has 0 rings (SSSR count). The minimum atomic E-state index is -0.717. The number of hydrogen-bond acceptors (Lipinski definition) is 1. The van der Waals surface area contributed by atoms with Crippen molar-refractivity contribution in [3.63, 3.8) is 0 Å². The highest BCUT2D eigenvalue weighted by atomic mass is 16.4. The highest BCUT2D eigenvalue weighted by Gasteiger charge is 2.08. The van der Waals surface area contributed by atoms with Gasteiger partial charge in [-0.15, -0.1) is 12.3 Å². The van der Waals surface area contributed by atoms with Gasteiger partial charge in [0.25, 0.3) is 0 Å². The van der Waals surface area contributed by atoms with Gasteiger partial charge in [-0.3, -0.25) is 4.79 Å². The van der Waals surface area contributed by atoms with Crippen molar-refractivity contribution >= 4 is 5.97 Å². The van der Waals surface area contributed by atoms with Crippen LogP contribution in [-0.2, 0) is 4.79 Å². The van der Waals surface area contributed by atoms with E-state index in [4.69, 9.17) is 11.5 Å². The Labute approximate surface area is 67.6 Å². The Hall–Kier alpha value is -0.970. The van der Waals surface area contributed by atoms with Crippen LogP contribution in [0.25, 0.3) is 0 Å². The van der Waals surface area contributed by atoms with Crippen molar-refractivity contribution in [3.05, 3.63) is 0 Å². The molecule has 2 nitrogen and oxygen atoms in total. The van der Waals surface area contributed by atoms with Crippen molar-refractivity contribution in [1.82, 2.24) is 0 Å². The Morgan fingerprint density at radius 2 is 2.27 bits per heavy atom. The quantitative estimate of drug-likeness (QED) is 0.485. The van der Waals surface area contributed by atoms with Gasteiger partial charge in [0.15, 0.2) is 0 Å². The average molecular weight is 154 g/mol. The summed E-state index contributed by atoms with van der Waals surface area (Å²) >= 11 is 0. The Bertz CT molecular complexity index is 155. The second-order valence-corrected chi connectivity index (χ2v) is 2.69. The van der Waals surface area contributed by atoms with Crippen molar-refractivity contribution in [2.24, 2.45) is 5.92 Å². The second kappa shape index (κ2) is 5.79. The van der Waals surface area contributed by atoms with E-state index in [1.54, 1.807) is 6.92 Å². The molecule has 1 atom stereocenters. The van der Waals surface area contributed by atoms with Crippen LogP contribution < -0.4 is 0 Å². The van der Waals surface area contributed by atoms with Crippen LogP contribution in [0.3, 0.4) is 0 Å². The molecule has 0 fully saturated rings. The lowest BCUT2D eigenvalue weighted by molar-refractivity contribution is -0.141. The van der Waals surface area contributed by atoms with Crippen molar-refractivity contribution in [2.45, 2.75) is 32.6 Å². The topological polar surface area (TPSA) is 37.3 Å². The van der Waals surface area contributed by atoms with Crippen LogP contribution in [-0.4, -0.2) is 11.1 Å². The largest absolute Gasteiger partial charge is 0.481 e. The molecule has 0 bridgehead atoms. The maximum Gasteiger partial charge on any atom is 0.306 e. The summed E-state index contributed by atoms with van der Waals surface area (Å²) in [5, 5.41) is 8.50. The van der Waals surface area contributed by atoms with Crippen LogP contribution in [0.1, 0.15) is 32.6 Å². The average Bonchev–Trinajstić information content (AvgIpc) is 1.97. The van der Waals surface area contributed by atoms with E-state index in [1.165, 1.54) is 0 Å². The van der Waals surface area contributed by atoms with Gasteiger partial charge in [0.05, 0.1) is 5.92 Å². The first-order valence-corrected chi connectivity index (χ1v) is 3.84. The third-order valence-corrected chi connectivity index (χ3v) is 1.63. The van der Waals surface area contributed by atoms with Gasteiger partial charge in [0.1, 0.15) is 0 Å². The summed E-state index contributed by atoms with van der Waals surface area (Å²) in [6.07, 6.45) is 8.38.